The molecule has 0 N–H and O–H groups in total. The summed E-state index contributed by atoms with van der Waals surface area (Å²) in [4.78, 5) is 8.52. The number of fused-ring (bicyclic) bond motifs is 1. The molecule has 3 nitrogen and oxygen atoms in total. The normalized spacial score (nSPS) is 11.8. The maximum Gasteiger partial charge on any atom is 0.416 e. The number of rotatable bonds is 2. The monoisotopic (exact) mass is 339 g/mol. The Morgan fingerprint density at radius 3 is 2.56 bits per heavy atom. The van der Waals surface area contributed by atoms with Crippen LogP contribution in [0.2, 0.25) is 0 Å². The van der Waals surface area contributed by atoms with E-state index >= 15 is 0 Å². The summed E-state index contributed by atoms with van der Waals surface area (Å²) in [6.45, 7) is 0. The molecule has 0 unspecified atom stereocenters. The van der Waals surface area contributed by atoms with Gasteiger partial charge in [0, 0.05) is 41.5 Å². The molecule has 0 bridgehead atoms. The quantitative estimate of drug-likeness (QED) is 0.510. The fourth-order valence-corrected chi connectivity index (χ4v) is 2.79. The van der Waals surface area contributed by atoms with Gasteiger partial charge in [-0.2, -0.15) is 13.2 Å². The largest absolute Gasteiger partial charge is 0.416 e. The summed E-state index contributed by atoms with van der Waals surface area (Å²) in [5.74, 6) is 0. The standard InChI is InChI=1S/C19H12F3N3/c20-19(21,22)15-4-1-3-13(11-15)18-16(5-2-8-24-18)14-6-7-17-23-9-10-25(17)12-14/h1-12H. The number of nitrogens with zero attached hydrogens (tertiary/aromatic N) is 3. The second kappa shape index (κ2) is 5.73. The van der Waals surface area contributed by atoms with Crippen LogP contribution in [0.15, 0.2) is 73.3 Å². The third-order valence-electron chi connectivity index (χ3n) is 3.97. The van der Waals surface area contributed by atoms with Crippen molar-refractivity contribution < 1.29 is 13.2 Å². The van der Waals surface area contributed by atoms with Crippen molar-refractivity contribution in [2.24, 2.45) is 0 Å². The second-order valence-electron chi connectivity index (χ2n) is 5.59. The van der Waals surface area contributed by atoms with Crippen LogP contribution in [0, 0.1) is 0 Å². The van der Waals surface area contributed by atoms with Gasteiger partial charge in [-0.15, -0.1) is 0 Å². The van der Waals surface area contributed by atoms with Crippen LogP contribution in [0.25, 0.3) is 28.0 Å². The predicted molar refractivity (Wildman–Crippen MR) is 88.9 cm³/mol. The molecule has 0 aliphatic carbocycles. The van der Waals surface area contributed by atoms with E-state index in [1.807, 2.05) is 35.0 Å². The van der Waals surface area contributed by atoms with Crippen molar-refractivity contribution in [2.45, 2.75) is 6.18 Å². The first-order valence-electron chi connectivity index (χ1n) is 7.58. The Hall–Kier alpha value is -3.15. The van der Waals surface area contributed by atoms with E-state index in [1.165, 1.54) is 6.07 Å². The zero-order chi connectivity index (χ0) is 17.4. The number of hydrogen-bond acceptors (Lipinski definition) is 2. The van der Waals surface area contributed by atoms with Crippen molar-refractivity contribution >= 4 is 5.65 Å². The number of halogens is 3. The highest BCUT2D eigenvalue weighted by atomic mass is 19.4. The Labute approximate surface area is 141 Å². The molecule has 0 spiro atoms. The van der Waals surface area contributed by atoms with Crippen LogP contribution in [0.1, 0.15) is 5.56 Å². The van der Waals surface area contributed by atoms with Gasteiger partial charge in [-0.05, 0) is 30.3 Å². The molecule has 124 valence electrons. The Morgan fingerprint density at radius 2 is 1.72 bits per heavy atom. The van der Waals surface area contributed by atoms with E-state index in [1.54, 1.807) is 24.5 Å². The Balaban J connectivity index is 1.87. The Morgan fingerprint density at radius 1 is 0.840 bits per heavy atom. The van der Waals surface area contributed by atoms with Gasteiger partial charge in [0.25, 0.3) is 0 Å². The van der Waals surface area contributed by atoms with Gasteiger partial charge < -0.3 is 4.40 Å². The number of alkyl halides is 3. The molecule has 0 aliphatic rings. The molecule has 0 aliphatic heterocycles. The van der Waals surface area contributed by atoms with E-state index in [-0.39, 0.29) is 0 Å². The molecular weight excluding hydrogens is 327 g/mol. The molecule has 0 fully saturated rings. The molecule has 1 aromatic carbocycles. The molecule has 25 heavy (non-hydrogen) atoms. The summed E-state index contributed by atoms with van der Waals surface area (Å²) in [6.07, 6.45) is 2.58. The molecule has 0 radical (unpaired) electrons. The third kappa shape index (κ3) is 2.87. The topological polar surface area (TPSA) is 30.2 Å². The van der Waals surface area contributed by atoms with Crippen molar-refractivity contribution in [3.8, 4) is 22.4 Å². The highest BCUT2D eigenvalue weighted by Crippen LogP contribution is 2.35. The molecule has 0 atom stereocenters. The van der Waals surface area contributed by atoms with Crippen molar-refractivity contribution in [3.63, 3.8) is 0 Å². The Kier molecular flexibility index (Phi) is 3.53. The lowest BCUT2D eigenvalue weighted by molar-refractivity contribution is -0.137. The van der Waals surface area contributed by atoms with E-state index in [0.29, 0.717) is 11.3 Å². The van der Waals surface area contributed by atoms with Crippen LogP contribution in [-0.2, 0) is 6.18 Å². The minimum absolute atomic E-state index is 0.427. The van der Waals surface area contributed by atoms with Crippen LogP contribution in [-0.4, -0.2) is 14.4 Å². The zero-order valence-electron chi connectivity index (χ0n) is 12.9. The first-order chi connectivity index (χ1) is 12.0. The lowest BCUT2D eigenvalue weighted by atomic mass is 9.99. The molecule has 3 heterocycles. The predicted octanol–water partition coefficient (Wildman–Crippen LogP) is 5.08. The van der Waals surface area contributed by atoms with E-state index in [0.717, 1.165) is 28.9 Å². The highest BCUT2D eigenvalue weighted by Gasteiger charge is 2.30. The lowest BCUT2D eigenvalue weighted by Crippen LogP contribution is -2.04. The van der Waals surface area contributed by atoms with Gasteiger partial charge in [0.05, 0.1) is 11.3 Å². The molecular formula is C19H12F3N3. The van der Waals surface area contributed by atoms with Gasteiger partial charge in [0.15, 0.2) is 0 Å². The lowest BCUT2D eigenvalue weighted by Gasteiger charge is -2.12. The van der Waals surface area contributed by atoms with Crippen LogP contribution < -0.4 is 0 Å². The van der Waals surface area contributed by atoms with Gasteiger partial charge in [-0.3, -0.25) is 4.98 Å². The SMILES string of the molecule is FC(F)(F)c1cccc(-c2ncccc2-c2ccc3nccn3c2)c1. The summed E-state index contributed by atoms with van der Waals surface area (Å²) in [6, 6.07) is 12.6. The molecule has 0 saturated carbocycles. The van der Waals surface area contributed by atoms with Gasteiger partial charge in [0.2, 0.25) is 0 Å². The number of pyridine rings is 2. The number of aromatic nitrogens is 3. The van der Waals surface area contributed by atoms with Gasteiger partial charge >= 0.3 is 6.18 Å². The van der Waals surface area contributed by atoms with Crippen LogP contribution in [0.5, 0.6) is 0 Å². The first-order valence-corrected chi connectivity index (χ1v) is 7.58. The molecule has 4 rings (SSSR count). The third-order valence-corrected chi connectivity index (χ3v) is 3.97. The molecule has 0 amide bonds. The number of benzene rings is 1. The maximum absolute atomic E-state index is 13.0. The fourth-order valence-electron chi connectivity index (χ4n) is 2.79. The van der Waals surface area contributed by atoms with Crippen LogP contribution in [0.3, 0.4) is 0 Å². The van der Waals surface area contributed by atoms with Crippen LogP contribution in [0.4, 0.5) is 13.2 Å². The summed E-state index contributed by atoms with van der Waals surface area (Å²) in [7, 11) is 0. The molecule has 3 aromatic heterocycles. The van der Waals surface area contributed by atoms with Gasteiger partial charge in [0.1, 0.15) is 5.65 Å². The van der Waals surface area contributed by atoms with Crippen molar-refractivity contribution in [1.82, 2.24) is 14.4 Å². The molecule has 4 aromatic rings. The average Bonchev–Trinajstić information content (AvgIpc) is 3.09. The zero-order valence-corrected chi connectivity index (χ0v) is 12.9. The molecule has 6 heteroatoms. The van der Waals surface area contributed by atoms with Crippen molar-refractivity contribution in [1.29, 1.82) is 0 Å². The van der Waals surface area contributed by atoms with Crippen molar-refractivity contribution in [3.05, 3.63) is 78.9 Å². The number of imidazole rings is 1. The second-order valence-corrected chi connectivity index (χ2v) is 5.59. The fraction of sp³-hybridized carbons (Fsp3) is 0.0526. The smallest absolute Gasteiger partial charge is 0.306 e. The summed E-state index contributed by atoms with van der Waals surface area (Å²) < 4.78 is 40.9. The van der Waals surface area contributed by atoms with E-state index in [4.69, 9.17) is 0 Å². The van der Waals surface area contributed by atoms with E-state index < -0.39 is 11.7 Å². The number of hydrogen-bond donors (Lipinski definition) is 0. The maximum atomic E-state index is 13.0. The summed E-state index contributed by atoms with van der Waals surface area (Å²) in [5, 5.41) is 0. The minimum Gasteiger partial charge on any atom is -0.306 e. The van der Waals surface area contributed by atoms with Crippen LogP contribution >= 0.6 is 0 Å². The molecule has 0 saturated heterocycles. The van der Waals surface area contributed by atoms with Gasteiger partial charge in [-0.1, -0.05) is 18.2 Å². The van der Waals surface area contributed by atoms with E-state index in [9.17, 15) is 13.2 Å². The first kappa shape index (κ1) is 15.4. The highest BCUT2D eigenvalue weighted by molar-refractivity contribution is 5.81. The summed E-state index contributed by atoms with van der Waals surface area (Å²) in [5.41, 5.74) is 2.66. The van der Waals surface area contributed by atoms with Crippen molar-refractivity contribution in [2.75, 3.05) is 0 Å². The minimum atomic E-state index is -4.39. The average molecular weight is 339 g/mol. The van der Waals surface area contributed by atoms with E-state index in [2.05, 4.69) is 9.97 Å². The summed E-state index contributed by atoms with van der Waals surface area (Å²) >= 11 is 0. The Bertz CT molecular complexity index is 1050. The van der Waals surface area contributed by atoms with Gasteiger partial charge in [-0.25, -0.2) is 4.98 Å².